The fourth-order valence-electron chi connectivity index (χ4n) is 2.82. The number of rotatable bonds is 6. The van der Waals surface area contributed by atoms with Crippen LogP contribution in [-0.4, -0.2) is 7.11 Å². The zero-order valence-electron chi connectivity index (χ0n) is 13.0. The van der Waals surface area contributed by atoms with Crippen LogP contribution in [0.3, 0.4) is 0 Å². The molecule has 0 aromatic heterocycles. The van der Waals surface area contributed by atoms with Gasteiger partial charge in [0.25, 0.3) is 0 Å². The van der Waals surface area contributed by atoms with Crippen molar-refractivity contribution in [1.82, 2.24) is 5.43 Å². The fraction of sp³-hybridized carbons (Fsp3) is 0.333. The third-order valence-corrected chi connectivity index (χ3v) is 3.83. The van der Waals surface area contributed by atoms with E-state index in [1.807, 2.05) is 6.07 Å². The van der Waals surface area contributed by atoms with Gasteiger partial charge in [-0.15, -0.1) is 0 Å². The van der Waals surface area contributed by atoms with E-state index in [1.165, 1.54) is 16.7 Å². The van der Waals surface area contributed by atoms with Gasteiger partial charge in [0.2, 0.25) is 0 Å². The molecule has 0 heterocycles. The number of nitrogens with one attached hydrogen (secondary N) is 1. The van der Waals surface area contributed by atoms with E-state index in [4.69, 9.17) is 10.6 Å². The molecule has 1 atom stereocenters. The molecule has 112 valence electrons. The third kappa shape index (κ3) is 3.84. The van der Waals surface area contributed by atoms with Gasteiger partial charge in [-0.3, -0.25) is 11.3 Å². The van der Waals surface area contributed by atoms with Crippen LogP contribution in [0.5, 0.6) is 5.75 Å². The monoisotopic (exact) mass is 284 g/mol. The molecule has 0 radical (unpaired) electrons. The van der Waals surface area contributed by atoms with Crippen LogP contribution < -0.4 is 16.0 Å². The highest BCUT2D eigenvalue weighted by Gasteiger charge is 2.18. The molecule has 1 unspecified atom stereocenters. The lowest BCUT2D eigenvalue weighted by molar-refractivity contribution is 0.394. The predicted molar refractivity (Wildman–Crippen MR) is 87.3 cm³/mol. The van der Waals surface area contributed by atoms with Gasteiger partial charge in [-0.1, -0.05) is 36.4 Å². The highest BCUT2D eigenvalue weighted by Crippen LogP contribution is 2.32. The molecule has 21 heavy (non-hydrogen) atoms. The largest absolute Gasteiger partial charge is 0.496 e. The molecule has 0 aliphatic carbocycles. The van der Waals surface area contributed by atoms with Gasteiger partial charge in [0, 0.05) is 5.56 Å². The topological polar surface area (TPSA) is 47.3 Å². The molecule has 0 aliphatic heterocycles. The van der Waals surface area contributed by atoms with Crippen LogP contribution in [0.25, 0.3) is 0 Å². The molecule has 0 saturated heterocycles. The molecule has 2 rings (SSSR count). The number of benzene rings is 2. The van der Waals surface area contributed by atoms with Crippen molar-refractivity contribution < 1.29 is 4.74 Å². The molecule has 0 amide bonds. The van der Waals surface area contributed by atoms with Crippen molar-refractivity contribution in [3.63, 3.8) is 0 Å². The second-order valence-electron chi connectivity index (χ2n) is 5.44. The average molecular weight is 284 g/mol. The lowest BCUT2D eigenvalue weighted by Crippen LogP contribution is -2.29. The van der Waals surface area contributed by atoms with Crippen LogP contribution in [-0.2, 0) is 6.42 Å². The summed E-state index contributed by atoms with van der Waals surface area (Å²) in [5.74, 6) is 6.70. The van der Waals surface area contributed by atoms with Gasteiger partial charge < -0.3 is 4.74 Å². The Bertz CT molecular complexity index is 581. The number of hydrogen-bond acceptors (Lipinski definition) is 3. The molecule has 0 fully saturated rings. The summed E-state index contributed by atoms with van der Waals surface area (Å²) in [6.45, 7) is 4.19. The minimum absolute atomic E-state index is 0.0840. The van der Waals surface area contributed by atoms with E-state index in [0.29, 0.717) is 0 Å². The standard InChI is InChI=1S/C18H24N2O/c1-13-11-14(2)18(17(12-13)21-3)16(20-19)10-9-15-7-5-4-6-8-15/h4-8,11-12,16,20H,9-10,19H2,1-3H3. The lowest BCUT2D eigenvalue weighted by Gasteiger charge is -2.22. The maximum absolute atomic E-state index is 5.79. The fourth-order valence-corrected chi connectivity index (χ4v) is 2.82. The van der Waals surface area contributed by atoms with Gasteiger partial charge in [0.05, 0.1) is 13.2 Å². The van der Waals surface area contributed by atoms with Crippen molar-refractivity contribution in [3.05, 3.63) is 64.7 Å². The van der Waals surface area contributed by atoms with Gasteiger partial charge >= 0.3 is 0 Å². The number of hydrazine groups is 1. The van der Waals surface area contributed by atoms with E-state index < -0.39 is 0 Å². The first-order valence-corrected chi connectivity index (χ1v) is 7.31. The van der Waals surface area contributed by atoms with Crippen LogP contribution in [0.4, 0.5) is 0 Å². The Hall–Kier alpha value is -1.84. The first-order valence-electron chi connectivity index (χ1n) is 7.31. The molecule has 3 nitrogen and oxygen atoms in total. The molecule has 0 bridgehead atoms. The third-order valence-electron chi connectivity index (χ3n) is 3.83. The Morgan fingerprint density at radius 3 is 2.48 bits per heavy atom. The van der Waals surface area contributed by atoms with Gasteiger partial charge in [-0.05, 0) is 49.4 Å². The summed E-state index contributed by atoms with van der Waals surface area (Å²) in [6.07, 6.45) is 1.91. The highest BCUT2D eigenvalue weighted by atomic mass is 16.5. The van der Waals surface area contributed by atoms with E-state index in [9.17, 15) is 0 Å². The number of hydrogen-bond donors (Lipinski definition) is 2. The molecular weight excluding hydrogens is 260 g/mol. The summed E-state index contributed by atoms with van der Waals surface area (Å²) in [6, 6.07) is 14.8. The van der Waals surface area contributed by atoms with Crippen molar-refractivity contribution in [2.45, 2.75) is 32.7 Å². The summed E-state index contributed by atoms with van der Waals surface area (Å²) in [5, 5.41) is 0. The van der Waals surface area contributed by atoms with Crippen LogP contribution in [0, 0.1) is 13.8 Å². The van der Waals surface area contributed by atoms with E-state index in [-0.39, 0.29) is 6.04 Å². The normalized spacial score (nSPS) is 12.2. The lowest BCUT2D eigenvalue weighted by atomic mass is 9.94. The Morgan fingerprint density at radius 2 is 1.86 bits per heavy atom. The SMILES string of the molecule is COc1cc(C)cc(C)c1C(CCc1ccccc1)NN. The maximum atomic E-state index is 5.79. The Morgan fingerprint density at radius 1 is 1.14 bits per heavy atom. The minimum Gasteiger partial charge on any atom is -0.496 e. The highest BCUT2D eigenvalue weighted by molar-refractivity contribution is 5.45. The quantitative estimate of drug-likeness (QED) is 0.631. The summed E-state index contributed by atoms with van der Waals surface area (Å²) in [4.78, 5) is 0. The Balaban J connectivity index is 2.21. The average Bonchev–Trinajstić information content (AvgIpc) is 2.50. The van der Waals surface area contributed by atoms with Crippen LogP contribution in [0.15, 0.2) is 42.5 Å². The molecule has 3 heteroatoms. The Labute approximate surface area is 127 Å². The van der Waals surface area contributed by atoms with Gasteiger partial charge in [0.1, 0.15) is 5.75 Å². The minimum atomic E-state index is 0.0840. The molecule has 0 saturated carbocycles. The van der Waals surface area contributed by atoms with Crippen molar-refractivity contribution in [1.29, 1.82) is 0 Å². The van der Waals surface area contributed by atoms with Crippen LogP contribution in [0.2, 0.25) is 0 Å². The molecule has 2 aromatic rings. The summed E-state index contributed by atoms with van der Waals surface area (Å²) in [5.41, 5.74) is 7.83. The summed E-state index contributed by atoms with van der Waals surface area (Å²) in [7, 11) is 1.71. The zero-order valence-corrected chi connectivity index (χ0v) is 13.0. The summed E-state index contributed by atoms with van der Waals surface area (Å²) >= 11 is 0. The van der Waals surface area contributed by atoms with Crippen molar-refractivity contribution in [3.8, 4) is 5.75 Å². The molecule has 0 aliphatic rings. The second-order valence-corrected chi connectivity index (χ2v) is 5.44. The van der Waals surface area contributed by atoms with Crippen molar-refractivity contribution in [2.75, 3.05) is 7.11 Å². The van der Waals surface area contributed by atoms with Gasteiger partial charge in [0.15, 0.2) is 0 Å². The van der Waals surface area contributed by atoms with Crippen LogP contribution >= 0.6 is 0 Å². The maximum Gasteiger partial charge on any atom is 0.124 e. The predicted octanol–water partition coefficient (Wildman–Crippen LogP) is 3.45. The first-order chi connectivity index (χ1) is 10.2. The number of nitrogens with two attached hydrogens (primary N) is 1. The molecular formula is C18H24N2O. The van der Waals surface area contributed by atoms with Gasteiger partial charge in [-0.25, -0.2) is 0 Å². The molecule has 2 aromatic carbocycles. The van der Waals surface area contributed by atoms with E-state index in [0.717, 1.165) is 24.2 Å². The number of methoxy groups -OCH3 is 1. The van der Waals surface area contributed by atoms with Crippen molar-refractivity contribution in [2.24, 2.45) is 5.84 Å². The van der Waals surface area contributed by atoms with Gasteiger partial charge in [-0.2, -0.15) is 0 Å². The van der Waals surface area contributed by atoms with Crippen molar-refractivity contribution >= 4 is 0 Å². The van der Waals surface area contributed by atoms with E-state index >= 15 is 0 Å². The zero-order chi connectivity index (χ0) is 15.2. The first kappa shape index (κ1) is 15.5. The number of ether oxygens (including phenoxy) is 1. The van der Waals surface area contributed by atoms with E-state index in [2.05, 4.69) is 55.7 Å². The van der Waals surface area contributed by atoms with Crippen LogP contribution in [0.1, 0.15) is 34.7 Å². The number of aryl methyl sites for hydroxylation is 3. The molecule has 0 spiro atoms. The summed E-state index contributed by atoms with van der Waals surface area (Å²) < 4.78 is 5.55. The smallest absolute Gasteiger partial charge is 0.124 e. The molecule has 3 N–H and O–H groups in total. The van der Waals surface area contributed by atoms with E-state index in [1.54, 1.807) is 7.11 Å². The second kappa shape index (κ2) is 7.25. The Kier molecular flexibility index (Phi) is 5.37.